The summed E-state index contributed by atoms with van der Waals surface area (Å²) in [5.41, 5.74) is 0.794. The maximum absolute atomic E-state index is 12.0. The van der Waals surface area contributed by atoms with Gasteiger partial charge in [-0.3, -0.25) is 0 Å². The Morgan fingerprint density at radius 2 is 1.94 bits per heavy atom. The van der Waals surface area contributed by atoms with Gasteiger partial charge in [-0.25, -0.2) is 4.79 Å². The Kier molecular flexibility index (Phi) is 4.48. The molecule has 0 bridgehead atoms. The molecule has 0 spiro atoms. The van der Waals surface area contributed by atoms with Crippen molar-refractivity contribution in [2.75, 3.05) is 18.4 Å². The van der Waals surface area contributed by atoms with Gasteiger partial charge < -0.3 is 10.2 Å². The molecule has 2 rings (SSSR count). The van der Waals surface area contributed by atoms with Crippen LogP contribution in [0.3, 0.4) is 0 Å². The summed E-state index contributed by atoms with van der Waals surface area (Å²) >= 11 is 5.81. The number of rotatable bonds is 2. The van der Waals surface area contributed by atoms with Crippen LogP contribution in [0.25, 0.3) is 0 Å². The van der Waals surface area contributed by atoms with E-state index in [1.54, 1.807) is 12.1 Å². The van der Waals surface area contributed by atoms with Crippen LogP contribution in [-0.2, 0) is 0 Å². The number of carbonyl (C=O) groups excluding carboxylic acids is 1. The van der Waals surface area contributed by atoms with E-state index in [1.165, 1.54) is 6.42 Å². The smallest absolute Gasteiger partial charge is 0.321 e. The normalized spacial score (nSPS) is 16.7. The van der Waals surface area contributed by atoms with Crippen molar-refractivity contribution < 1.29 is 4.79 Å². The molecule has 0 atom stereocenters. The molecule has 1 aromatic carbocycles. The van der Waals surface area contributed by atoms with E-state index >= 15 is 0 Å². The Morgan fingerprint density at radius 1 is 1.33 bits per heavy atom. The fourth-order valence-electron chi connectivity index (χ4n) is 2.28. The highest BCUT2D eigenvalue weighted by Gasteiger charge is 2.21. The third kappa shape index (κ3) is 3.39. The summed E-state index contributed by atoms with van der Waals surface area (Å²) in [4.78, 5) is 13.9. The molecule has 0 radical (unpaired) electrons. The van der Waals surface area contributed by atoms with E-state index in [2.05, 4.69) is 12.2 Å². The van der Waals surface area contributed by atoms with Crippen LogP contribution in [0.1, 0.15) is 26.2 Å². The fourth-order valence-corrected chi connectivity index (χ4v) is 2.41. The number of hydrogen-bond acceptors (Lipinski definition) is 1. The van der Waals surface area contributed by atoms with Gasteiger partial charge in [0.15, 0.2) is 0 Å². The first-order chi connectivity index (χ1) is 8.69. The molecule has 1 saturated heterocycles. The van der Waals surface area contributed by atoms with Crippen molar-refractivity contribution in [2.45, 2.75) is 26.2 Å². The fraction of sp³-hybridized carbons (Fsp3) is 0.500. The van der Waals surface area contributed by atoms with Gasteiger partial charge in [-0.05, 0) is 43.0 Å². The minimum Gasteiger partial charge on any atom is -0.325 e. The van der Waals surface area contributed by atoms with Crippen LogP contribution in [0.2, 0.25) is 5.02 Å². The predicted molar refractivity (Wildman–Crippen MR) is 75.1 cm³/mol. The predicted octanol–water partition coefficient (Wildman–Crippen LogP) is 3.99. The summed E-state index contributed by atoms with van der Waals surface area (Å²) in [5.74, 6) is 0.782. The van der Waals surface area contributed by atoms with E-state index in [4.69, 9.17) is 11.6 Å². The number of likely N-dealkylation sites (tertiary alicyclic amines) is 1. The average Bonchev–Trinajstić information content (AvgIpc) is 2.41. The number of nitrogens with zero attached hydrogens (tertiary/aromatic N) is 1. The van der Waals surface area contributed by atoms with Crippen molar-refractivity contribution in [3.63, 3.8) is 0 Å². The molecule has 1 heterocycles. The maximum atomic E-state index is 12.0. The Morgan fingerprint density at radius 3 is 2.50 bits per heavy atom. The summed E-state index contributed by atoms with van der Waals surface area (Å²) in [7, 11) is 0. The molecule has 4 heteroatoms. The molecule has 1 aromatic rings. The molecule has 0 aromatic heterocycles. The lowest BCUT2D eigenvalue weighted by Crippen LogP contribution is -2.40. The van der Waals surface area contributed by atoms with Crippen molar-refractivity contribution in [3.8, 4) is 0 Å². The van der Waals surface area contributed by atoms with Crippen LogP contribution in [0.15, 0.2) is 24.3 Å². The van der Waals surface area contributed by atoms with Crippen LogP contribution in [0, 0.1) is 5.92 Å². The van der Waals surface area contributed by atoms with Gasteiger partial charge in [0.05, 0.1) is 0 Å². The van der Waals surface area contributed by atoms with E-state index in [9.17, 15) is 4.79 Å². The zero-order valence-corrected chi connectivity index (χ0v) is 11.4. The number of piperidine rings is 1. The van der Waals surface area contributed by atoms with Crippen LogP contribution >= 0.6 is 11.6 Å². The highest BCUT2D eigenvalue weighted by atomic mass is 35.5. The van der Waals surface area contributed by atoms with E-state index in [1.807, 2.05) is 17.0 Å². The Balaban J connectivity index is 1.87. The van der Waals surface area contributed by atoms with Crippen molar-refractivity contribution in [3.05, 3.63) is 29.3 Å². The molecule has 0 saturated carbocycles. The van der Waals surface area contributed by atoms with Gasteiger partial charge in [0, 0.05) is 23.8 Å². The van der Waals surface area contributed by atoms with E-state index in [-0.39, 0.29) is 6.03 Å². The lowest BCUT2D eigenvalue weighted by molar-refractivity contribution is 0.181. The molecule has 0 unspecified atom stereocenters. The molecular weight excluding hydrogens is 248 g/mol. The quantitative estimate of drug-likeness (QED) is 0.862. The molecule has 2 amide bonds. The molecule has 1 fully saturated rings. The number of hydrogen-bond donors (Lipinski definition) is 1. The van der Waals surface area contributed by atoms with Crippen LogP contribution in [-0.4, -0.2) is 24.0 Å². The molecule has 3 nitrogen and oxygen atoms in total. The molecule has 1 N–H and O–H groups in total. The second kappa shape index (κ2) is 6.10. The van der Waals surface area contributed by atoms with Crippen LogP contribution in [0.5, 0.6) is 0 Å². The van der Waals surface area contributed by atoms with Crippen molar-refractivity contribution in [1.82, 2.24) is 4.90 Å². The van der Waals surface area contributed by atoms with Crippen LogP contribution < -0.4 is 5.32 Å². The van der Waals surface area contributed by atoms with Crippen molar-refractivity contribution >= 4 is 23.3 Å². The molecule has 1 aliphatic heterocycles. The monoisotopic (exact) mass is 266 g/mol. The number of anilines is 1. The molecule has 0 aliphatic carbocycles. The lowest BCUT2D eigenvalue weighted by Gasteiger charge is -2.31. The highest BCUT2D eigenvalue weighted by molar-refractivity contribution is 6.30. The van der Waals surface area contributed by atoms with Crippen molar-refractivity contribution in [2.24, 2.45) is 5.92 Å². The summed E-state index contributed by atoms with van der Waals surface area (Å²) in [6.07, 6.45) is 3.45. The van der Waals surface area contributed by atoms with Gasteiger partial charge in [0.2, 0.25) is 0 Å². The van der Waals surface area contributed by atoms with E-state index in [0.717, 1.165) is 37.5 Å². The SMILES string of the molecule is CCC1CCN(C(=O)Nc2ccc(Cl)cc2)CC1. The summed E-state index contributed by atoms with van der Waals surface area (Å²) in [5, 5.41) is 3.58. The minimum absolute atomic E-state index is 0.00752. The largest absolute Gasteiger partial charge is 0.325 e. The topological polar surface area (TPSA) is 32.3 Å². The molecule has 18 heavy (non-hydrogen) atoms. The summed E-state index contributed by atoms with van der Waals surface area (Å²) in [6, 6.07) is 7.19. The van der Waals surface area contributed by atoms with E-state index in [0.29, 0.717) is 5.02 Å². The second-order valence-corrected chi connectivity index (χ2v) is 5.21. The van der Waals surface area contributed by atoms with Gasteiger partial charge >= 0.3 is 6.03 Å². The van der Waals surface area contributed by atoms with Gasteiger partial charge in [0.1, 0.15) is 0 Å². The zero-order chi connectivity index (χ0) is 13.0. The second-order valence-electron chi connectivity index (χ2n) is 4.78. The summed E-state index contributed by atoms with van der Waals surface area (Å²) in [6.45, 7) is 3.93. The highest BCUT2D eigenvalue weighted by Crippen LogP contribution is 2.21. The third-order valence-electron chi connectivity index (χ3n) is 3.57. The number of urea groups is 1. The van der Waals surface area contributed by atoms with Gasteiger partial charge in [-0.15, -0.1) is 0 Å². The Hall–Kier alpha value is -1.22. The number of benzene rings is 1. The Labute approximate surface area is 113 Å². The van der Waals surface area contributed by atoms with Gasteiger partial charge in [-0.1, -0.05) is 24.9 Å². The number of amides is 2. The standard InChI is InChI=1S/C14H19ClN2O/c1-2-11-7-9-17(10-8-11)14(18)16-13-5-3-12(15)4-6-13/h3-6,11H,2,7-10H2,1H3,(H,16,18). The van der Waals surface area contributed by atoms with Gasteiger partial charge in [-0.2, -0.15) is 0 Å². The van der Waals surface area contributed by atoms with Crippen molar-refractivity contribution in [1.29, 1.82) is 0 Å². The van der Waals surface area contributed by atoms with E-state index < -0.39 is 0 Å². The number of halogens is 1. The molecular formula is C14H19ClN2O. The first-order valence-corrected chi connectivity index (χ1v) is 6.88. The zero-order valence-electron chi connectivity index (χ0n) is 10.7. The Bertz CT molecular complexity index is 397. The average molecular weight is 267 g/mol. The third-order valence-corrected chi connectivity index (χ3v) is 3.83. The van der Waals surface area contributed by atoms with Gasteiger partial charge in [0.25, 0.3) is 0 Å². The van der Waals surface area contributed by atoms with Crippen LogP contribution in [0.4, 0.5) is 10.5 Å². The minimum atomic E-state index is -0.00752. The number of carbonyl (C=O) groups is 1. The molecule has 98 valence electrons. The maximum Gasteiger partial charge on any atom is 0.321 e. The molecule has 1 aliphatic rings. The lowest BCUT2D eigenvalue weighted by atomic mass is 9.95. The number of nitrogens with one attached hydrogen (secondary N) is 1. The first kappa shape index (κ1) is 13.2. The first-order valence-electron chi connectivity index (χ1n) is 6.50. The summed E-state index contributed by atoms with van der Waals surface area (Å²) < 4.78 is 0.